The number of benzene rings is 1. The topological polar surface area (TPSA) is 20.2 Å². The summed E-state index contributed by atoms with van der Waals surface area (Å²) in [6.07, 6.45) is 4.02. The predicted molar refractivity (Wildman–Crippen MR) is 54.0 cm³/mol. The summed E-state index contributed by atoms with van der Waals surface area (Å²) in [7, 11) is 0. The third-order valence-electron chi connectivity index (χ3n) is 3.13. The third kappa shape index (κ3) is 1.49. The molecule has 2 heteroatoms. The predicted octanol–water partition coefficient (Wildman–Crippen LogP) is 3.36. The summed E-state index contributed by atoms with van der Waals surface area (Å²) in [6, 6.07) is 2.95. The van der Waals surface area contributed by atoms with Crippen molar-refractivity contribution in [3.05, 3.63) is 29.1 Å². The van der Waals surface area contributed by atoms with Gasteiger partial charge in [0, 0.05) is 6.07 Å². The van der Waals surface area contributed by atoms with Crippen LogP contribution in [0.4, 0.5) is 4.39 Å². The zero-order chi connectivity index (χ0) is 10.1. The van der Waals surface area contributed by atoms with Crippen molar-refractivity contribution in [2.45, 2.75) is 38.5 Å². The van der Waals surface area contributed by atoms with E-state index in [1.54, 1.807) is 6.07 Å². The van der Waals surface area contributed by atoms with Gasteiger partial charge in [-0.05, 0) is 48.8 Å². The first-order valence-electron chi connectivity index (χ1n) is 5.23. The molecule has 1 nitrogen and oxygen atoms in total. The lowest BCUT2D eigenvalue weighted by Gasteiger charge is -2.24. The molecular weight excluding hydrogens is 179 g/mol. The molecular formula is C12H15FO. The number of rotatable bonds is 1. The molecule has 76 valence electrons. The van der Waals surface area contributed by atoms with E-state index >= 15 is 0 Å². The van der Waals surface area contributed by atoms with Gasteiger partial charge in [0.2, 0.25) is 0 Å². The minimum atomic E-state index is -0.238. The third-order valence-corrected chi connectivity index (χ3v) is 3.13. The zero-order valence-electron chi connectivity index (χ0n) is 8.39. The highest BCUT2D eigenvalue weighted by atomic mass is 19.1. The van der Waals surface area contributed by atoms with Gasteiger partial charge < -0.3 is 5.11 Å². The molecule has 0 aliphatic heterocycles. The first kappa shape index (κ1) is 9.50. The van der Waals surface area contributed by atoms with E-state index in [9.17, 15) is 9.50 Å². The summed E-state index contributed by atoms with van der Waals surface area (Å²) in [4.78, 5) is 0. The van der Waals surface area contributed by atoms with Crippen LogP contribution >= 0.6 is 0 Å². The monoisotopic (exact) mass is 194 g/mol. The average molecular weight is 194 g/mol. The van der Waals surface area contributed by atoms with Crippen molar-refractivity contribution < 1.29 is 9.50 Å². The summed E-state index contributed by atoms with van der Waals surface area (Å²) >= 11 is 0. The molecule has 0 saturated heterocycles. The van der Waals surface area contributed by atoms with Gasteiger partial charge in [-0.3, -0.25) is 0 Å². The Morgan fingerprint density at radius 1 is 1.50 bits per heavy atom. The zero-order valence-corrected chi connectivity index (χ0v) is 8.39. The molecule has 0 fully saturated rings. The molecule has 1 aliphatic rings. The molecule has 0 spiro atoms. The van der Waals surface area contributed by atoms with Crippen molar-refractivity contribution in [3.63, 3.8) is 0 Å². The second-order valence-corrected chi connectivity index (χ2v) is 3.99. The molecule has 0 saturated carbocycles. The molecule has 1 aromatic carbocycles. The molecule has 1 N–H and O–H groups in total. The Hall–Kier alpha value is -1.05. The maximum atomic E-state index is 13.5. The number of phenols is 1. The molecule has 0 aromatic heterocycles. The van der Waals surface area contributed by atoms with Gasteiger partial charge in [0.1, 0.15) is 11.6 Å². The Morgan fingerprint density at radius 3 is 3.00 bits per heavy atom. The molecule has 0 radical (unpaired) electrons. The Balaban J connectivity index is 2.51. The number of halogens is 1. The fourth-order valence-electron chi connectivity index (χ4n) is 2.38. The van der Waals surface area contributed by atoms with Crippen LogP contribution in [0.2, 0.25) is 0 Å². The van der Waals surface area contributed by atoms with E-state index in [4.69, 9.17) is 0 Å². The van der Waals surface area contributed by atoms with Gasteiger partial charge in [-0.1, -0.05) is 6.92 Å². The number of aromatic hydroxyl groups is 1. The molecule has 1 aromatic rings. The second kappa shape index (κ2) is 3.60. The van der Waals surface area contributed by atoms with E-state index in [0.717, 1.165) is 36.8 Å². The van der Waals surface area contributed by atoms with Gasteiger partial charge in [0.15, 0.2) is 0 Å². The van der Waals surface area contributed by atoms with Crippen LogP contribution < -0.4 is 0 Å². The van der Waals surface area contributed by atoms with Gasteiger partial charge >= 0.3 is 0 Å². The van der Waals surface area contributed by atoms with Crippen LogP contribution in [-0.2, 0) is 6.42 Å². The van der Waals surface area contributed by atoms with Gasteiger partial charge in [0.05, 0.1) is 0 Å². The molecule has 1 unspecified atom stereocenters. The van der Waals surface area contributed by atoms with Crippen LogP contribution in [-0.4, -0.2) is 5.11 Å². The van der Waals surface area contributed by atoms with Gasteiger partial charge in [-0.15, -0.1) is 0 Å². The smallest absolute Gasteiger partial charge is 0.130 e. The van der Waals surface area contributed by atoms with Gasteiger partial charge in [-0.25, -0.2) is 4.39 Å². The molecule has 0 bridgehead atoms. The minimum absolute atomic E-state index is 0.0570. The first-order valence-corrected chi connectivity index (χ1v) is 5.23. The molecule has 0 amide bonds. The molecule has 1 atom stereocenters. The number of fused-ring (bicyclic) bond motifs is 1. The van der Waals surface area contributed by atoms with Crippen LogP contribution in [0.25, 0.3) is 0 Å². The fraction of sp³-hybridized carbons (Fsp3) is 0.500. The summed E-state index contributed by atoms with van der Waals surface area (Å²) in [5.41, 5.74) is 1.84. The standard InChI is InChI=1S/C12H15FO/c1-2-8-4-3-5-10-11(8)6-9(14)7-12(10)13/h6-8,14H,2-5H2,1H3. The van der Waals surface area contributed by atoms with Crippen molar-refractivity contribution in [1.29, 1.82) is 0 Å². The van der Waals surface area contributed by atoms with Crippen molar-refractivity contribution in [2.24, 2.45) is 0 Å². The van der Waals surface area contributed by atoms with Crippen molar-refractivity contribution in [3.8, 4) is 5.75 Å². The second-order valence-electron chi connectivity index (χ2n) is 3.99. The fourth-order valence-corrected chi connectivity index (χ4v) is 2.38. The van der Waals surface area contributed by atoms with Crippen molar-refractivity contribution >= 4 is 0 Å². The summed E-state index contributed by atoms with van der Waals surface area (Å²) in [6.45, 7) is 2.11. The summed E-state index contributed by atoms with van der Waals surface area (Å²) in [5.74, 6) is 0.250. The average Bonchev–Trinajstić information content (AvgIpc) is 2.17. The Labute approximate surface area is 83.6 Å². The lowest BCUT2D eigenvalue weighted by Crippen LogP contribution is -2.10. The highest BCUT2D eigenvalue weighted by Crippen LogP contribution is 2.37. The maximum Gasteiger partial charge on any atom is 0.130 e. The van der Waals surface area contributed by atoms with Gasteiger partial charge in [0.25, 0.3) is 0 Å². The van der Waals surface area contributed by atoms with Crippen LogP contribution in [0.15, 0.2) is 12.1 Å². The normalized spacial score (nSPS) is 20.6. The number of hydrogen-bond donors (Lipinski definition) is 1. The van der Waals surface area contributed by atoms with Gasteiger partial charge in [-0.2, -0.15) is 0 Å². The number of hydrogen-bond acceptors (Lipinski definition) is 1. The molecule has 2 rings (SSSR count). The molecule has 14 heavy (non-hydrogen) atoms. The van der Waals surface area contributed by atoms with E-state index in [-0.39, 0.29) is 11.6 Å². The SMILES string of the molecule is CCC1CCCc2c(F)cc(O)cc21. The maximum absolute atomic E-state index is 13.5. The molecule has 1 aliphatic carbocycles. The van der Waals surface area contributed by atoms with E-state index < -0.39 is 0 Å². The highest BCUT2D eigenvalue weighted by Gasteiger charge is 2.22. The lowest BCUT2D eigenvalue weighted by molar-refractivity contribution is 0.455. The van der Waals surface area contributed by atoms with E-state index in [2.05, 4.69) is 6.92 Å². The minimum Gasteiger partial charge on any atom is -0.508 e. The highest BCUT2D eigenvalue weighted by molar-refractivity contribution is 5.39. The lowest BCUT2D eigenvalue weighted by atomic mass is 9.81. The van der Waals surface area contributed by atoms with Crippen LogP contribution in [0.1, 0.15) is 43.2 Å². The Morgan fingerprint density at radius 2 is 2.29 bits per heavy atom. The van der Waals surface area contributed by atoms with E-state index in [1.165, 1.54) is 6.07 Å². The summed E-state index contributed by atoms with van der Waals surface area (Å²) < 4.78 is 13.5. The quantitative estimate of drug-likeness (QED) is 0.726. The van der Waals surface area contributed by atoms with Crippen molar-refractivity contribution in [2.75, 3.05) is 0 Å². The van der Waals surface area contributed by atoms with Crippen LogP contribution in [0.3, 0.4) is 0 Å². The Kier molecular flexibility index (Phi) is 2.44. The van der Waals surface area contributed by atoms with E-state index in [1.807, 2.05) is 0 Å². The van der Waals surface area contributed by atoms with E-state index in [0.29, 0.717) is 5.92 Å². The number of phenolic OH excluding ortho intramolecular Hbond substituents is 1. The Bertz CT molecular complexity index is 346. The van der Waals surface area contributed by atoms with Crippen molar-refractivity contribution in [1.82, 2.24) is 0 Å². The first-order chi connectivity index (χ1) is 6.72. The van der Waals surface area contributed by atoms with Crippen LogP contribution in [0.5, 0.6) is 5.75 Å². The largest absolute Gasteiger partial charge is 0.508 e. The molecule has 0 heterocycles. The summed E-state index contributed by atoms with van der Waals surface area (Å²) in [5, 5.41) is 9.34. The van der Waals surface area contributed by atoms with Crippen LogP contribution in [0, 0.1) is 5.82 Å².